The van der Waals surface area contributed by atoms with Gasteiger partial charge in [-0.15, -0.1) is 11.6 Å². The minimum Gasteiger partial charge on any atom is -0.387 e. The van der Waals surface area contributed by atoms with Crippen LogP contribution in [0.25, 0.3) is 0 Å². The molecule has 1 rings (SSSR count). The van der Waals surface area contributed by atoms with Gasteiger partial charge in [-0.2, -0.15) is 0 Å². The summed E-state index contributed by atoms with van der Waals surface area (Å²) in [6, 6.07) is 5.66. The monoisotopic (exact) mass is 201 g/mol. The van der Waals surface area contributed by atoms with Crippen LogP contribution in [-0.4, -0.2) is 15.9 Å². The van der Waals surface area contributed by atoms with E-state index < -0.39 is 11.0 Å². The van der Waals surface area contributed by atoms with Crippen molar-refractivity contribution in [1.29, 1.82) is 0 Å². The van der Waals surface area contributed by atoms with Crippen LogP contribution in [-0.2, 0) is 0 Å². The Labute approximate surface area is 79.9 Å². The summed E-state index contributed by atoms with van der Waals surface area (Å²) in [5.41, 5.74) is 0.589. The molecule has 1 aromatic carbocycles. The molecule has 0 unspecified atom stereocenters. The molecule has 13 heavy (non-hydrogen) atoms. The maximum atomic E-state index is 10.3. The van der Waals surface area contributed by atoms with Gasteiger partial charge in [0, 0.05) is 12.1 Å². The zero-order chi connectivity index (χ0) is 9.84. The van der Waals surface area contributed by atoms with Gasteiger partial charge in [-0.25, -0.2) is 0 Å². The Kier molecular flexibility index (Phi) is 3.22. The lowest BCUT2D eigenvalue weighted by atomic mass is 10.1. The number of rotatable bonds is 3. The number of hydrogen-bond donors (Lipinski definition) is 1. The molecule has 0 aromatic heterocycles. The van der Waals surface area contributed by atoms with Crippen LogP contribution in [0.15, 0.2) is 24.3 Å². The molecule has 0 fully saturated rings. The van der Waals surface area contributed by atoms with Crippen molar-refractivity contribution in [2.24, 2.45) is 0 Å². The van der Waals surface area contributed by atoms with E-state index in [-0.39, 0.29) is 11.6 Å². The van der Waals surface area contributed by atoms with Crippen molar-refractivity contribution in [3.05, 3.63) is 39.9 Å². The van der Waals surface area contributed by atoms with Crippen molar-refractivity contribution in [2.75, 3.05) is 5.88 Å². The predicted molar refractivity (Wildman–Crippen MR) is 48.8 cm³/mol. The standard InChI is InChI=1S/C8H8ClNO3/c9-5-8(11)6-1-3-7(4-2-6)10(12)13/h1-4,8,11H,5H2/t8-/m0/s1. The molecule has 1 atom stereocenters. The van der Waals surface area contributed by atoms with Crippen molar-refractivity contribution in [3.63, 3.8) is 0 Å². The summed E-state index contributed by atoms with van der Waals surface area (Å²) in [7, 11) is 0. The van der Waals surface area contributed by atoms with Crippen LogP contribution in [0.5, 0.6) is 0 Å². The highest BCUT2D eigenvalue weighted by molar-refractivity contribution is 6.18. The first-order valence-electron chi connectivity index (χ1n) is 3.63. The van der Waals surface area contributed by atoms with Crippen molar-refractivity contribution in [2.45, 2.75) is 6.10 Å². The van der Waals surface area contributed by atoms with E-state index >= 15 is 0 Å². The largest absolute Gasteiger partial charge is 0.387 e. The fourth-order valence-corrected chi connectivity index (χ4v) is 1.09. The second-order valence-electron chi connectivity index (χ2n) is 2.52. The Morgan fingerprint density at radius 2 is 2.00 bits per heavy atom. The van der Waals surface area contributed by atoms with Crippen LogP contribution in [0, 0.1) is 10.1 Å². The Balaban J connectivity index is 2.87. The van der Waals surface area contributed by atoms with Crippen LogP contribution in [0.4, 0.5) is 5.69 Å². The summed E-state index contributed by atoms with van der Waals surface area (Å²) in [5.74, 6) is 0.0812. The first-order chi connectivity index (χ1) is 6.15. The van der Waals surface area contributed by atoms with E-state index in [4.69, 9.17) is 11.6 Å². The van der Waals surface area contributed by atoms with Gasteiger partial charge in [-0.1, -0.05) is 0 Å². The summed E-state index contributed by atoms with van der Waals surface area (Å²) in [6.45, 7) is 0. The highest BCUT2D eigenvalue weighted by Gasteiger charge is 2.08. The smallest absolute Gasteiger partial charge is 0.269 e. The number of aliphatic hydroxyl groups excluding tert-OH is 1. The van der Waals surface area contributed by atoms with E-state index in [0.29, 0.717) is 5.56 Å². The fourth-order valence-electron chi connectivity index (χ4n) is 0.907. The summed E-state index contributed by atoms with van der Waals surface area (Å²) in [4.78, 5) is 9.78. The molecule has 0 radical (unpaired) electrons. The third kappa shape index (κ3) is 2.40. The van der Waals surface area contributed by atoms with E-state index in [1.165, 1.54) is 24.3 Å². The van der Waals surface area contributed by atoms with E-state index in [9.17, 15) is 15.2 Å². The third-order valence-electron chi connectivity index (χ3n) is 1.63. The topological polar surface area (TPSA) is 63.4 Å². The molecule has 0 aliphatic rings. The predicted octanol–water partition coefficient (Wildman–Crippen LogP) is 1.87. The average Bonchev–Trinajstić information content (AvgIpc) is 2.17. The van der Waals surface area contributed by atoms with E-state index in [0.717, 1.165) is 0 Å². The molecule has 0 amide bonds. The van der Waals surface area contributed by atoms with Gasteiger partial charge >= 0.3 is 0 Å². The summed E-state index contributed by atoms with van der Waals surface area (Å²) in [5, 5.41) is 19.5. The number of nitro benzene ring substituents is 1. The lowest BCUT2D eigenvalue weighted by Crippen LogP contribution is -1.98. The van der Waals surface area contributed by atoms with Crippen LogP contribution in [0.2, 0.25) is 0 Å². The molecule has 0 heterocycles. The number of aliphatic hydroxyl groups is 1. The molecule has 0 saturated heterocycles. The molecular weight excluding hydrogens is 194 g/mol. The molecule has 1 N–H and O–H groups in total. The van der Waals surface area contributed by atoms with Crippen molar-refractivity contribution in [3.8, 4) is 0 Å². The van der Waals surface area contributed by atoms with E-state index in [1.54, 1.807) is 0 Å². The zero-order valence-electron chi connectivity index (χ0n) is 6.68. The number of hydrogen-bond acceptors (Lipinski definition) is 3. The maximum absolute atomic E-state index is 10.3. The highest BCUT2D eigenvalue weighted by Crippen LogP contribution is 2.18. The Morgan fingerprint density at radius 1 is 1.46 bits per heavy atom. The summed E-state index contributed by atoms with van der Waals surface area (Å²) >= 11 is 5.40. The average molecular weight is 202 g/mol. The van der Waals surface area contributed by atoms with Gasteiger partial charge in [0.05, 0.1) is 16.9 Å². The Morgan fingerprint density at radius 3 is 2.38 bits per heavy atom. The molecule has 0 aliphatic heterocycles. The molecule has 70 valence electrons. The maximum Gasteiger partial charge on any atom is 0.269 e. The van der Waals surface area contributed by atoms with Crippen LogP contribution < -0.4 is 0 Å². The van der Waals surface area contributed by atoms with Crippen LogP contribution >= 0.6 is 11.6 Å². The summed E-state index contributed by atoms with van der Waals surface area (Å²) < 4.78 is 0. The highest BCUT2D eigenvalue weighted by atomic mass is 35.5. The molecule has 5 heteroatoms. The summed E-state index contributed by atoms with van der Waals surface area (Å²) in [6.07, 6.45) is -0.762. The van der Waals surface area contributed by atoms with Gasteiger partial charge < -0.3 is 5.11 Å². The Bertz CT molecular complexity index is 299. The molecule has 0 spiro atoms. The SMILES string of the molecule is O=[N+]([O-])c1ccc([C@@H](O)CCl)cc1. The van der Waals surface area contributed by atoms with Crippen molar-refractivity contribution < 1.29 is 10.0 Å². The van der Waals surface area contributed by atoms with Gasteiger partial charge in [-0.3, -0.25) is 10.1 Å². The first kappa shape index (κ1) is 9.95. The first-order valence-corrected chi connectivity index (χ1v) is 4.17. The molecule has 0 saturated carbocycles. The van der Waals surface area contributed by atoms with Gasteiger partial charge in [0.1, 0.15) is 0 Å². The van der Waals surface area contributed by atoms with Gasteiger partial charge in [-0.05, 0) is 17.7 Å². The van der Waals surface area contributed by atoms with Gasteiger partial charge in [0.15, 0.2) is 0 Å². The number of alkyl halides is 1. The quantitative estimate of drug-likeness (QED) is 0.461. The minimum absolute atomic E-state index is 0.00511. The van der Waals surface area contributed by atoms with Gasteiger partial charge in [0.25, 0.3) is 5.69 Å². The lowest BCUT2D eigenvalue weighted by Gasteiger charge is -2.05. The van der Waals surface area contributed by atoms with E-state index in [1.807, 2.05) is 0 Å². The number of nitro groups is 1. The molecule has 4 nitrogen and oxygen atoms in total. The lowest BCUT2D eigenvalue weighted by molar-refractivity contribution is -0.384. The molecule has 0 bridgehead atoms. The number of nitrogens with zero attached hydrogens (tertiary/aromatic N) is 1. The third-order valence-corrected chi connectivity index (χ3v) is 1.93. The molecular formula is C8H8ClNO3. The van der Waals surface area contributed by atoms with Crippen LogP contribution in [0.1, 0.15) is 11.7 Å². The number of halogens is 1. The minimum atomic E-state index is -0.762. The normalized spacial score (nSPS) is 12.5. The molecule has 0 aliphatic carbocycles. The van der Waals surface area contributed by atoms with Crippen molar-refractivity contribution >= 4 is 17.3 Å². The van der Waals surface area contributed by atoms with Crippen LogP contribution in [0.3, 0.4) is 0 Å². The zero-order valence-corrected chi connectivity index (χ0v) is 7.44. The second-order valence-corrected chi connectivity index (χ2v) is 2.83. The van der Waals surface area contributed by atoms with Crippen molar-refractivity contribution in [1.82, 2.24) is 0 Å². The van der Waals surface area contributed by atoms with E-state index in [2.05, 4.69) is 0 Å². The van der Waals surface area contributed by atoms with Gasteiger partial charge in [0.2, 0.25) is 0 Å². The Hall–Kier alpha value is -1.13. The molecule has 1 aromatic rings. The number of benzene rings is 1. The fraction of sp³-hybridized carbons (Fsp3) is 0.250. The second kappa shape index (κ2) is 4.20. The number of non-ortho nitro benzene ring substituents is 1.